The number of carbonyl (C=O) groups is 2. The van der Waals surface area contributed by atoms with Crippen molar-refractivity contribution in [3.63, 3.8) is 0 Å². The second-order valence-corrected chi connectivity index (χ2v) is 5.45. The van der Waals surface area contributed by atoms with Crippen LogP contribution in [-0.2, 0) is 11.2 Å². The van der Waals surface area contributed by atoms with Crippen molar-refractivity contribution in [2.45, 2.75) is 13.3 Å². The Balaban J connectivity index is 1.75. The molecule has 0 saturated carbocycles. The molecule has 0 spiro atoms. The molecule has 0 radical (unpaired) electrons. The molecule has 0 bridgehead atoms. The number of nitro benzene ring substituents is 1. The summed E-state index contributed by atoms with van der Waals surface area (Å²) in [7, 11) is 0. The van der Waals surface area contributed by atoms with Crippen molar-refractivity contribution in [1.82, 2.24) is 0 Å². The van der Waals surface area contributed by atoms with Gasteiger partial charge in [0.2, 0.25) is 5.91 Å². The molecule has 0 aliphatic carbocycles. The number of carbonyl (C=O) groups excluding carboxylic acids is 2. The van der Waals surface area contributed by atoms with E-state index in [0.717, 1.165) is 16.8 Å². The number of fused-ring (bicyclic) bond motifs is 1. The van der Waals surface area contributed by atoms with Gasteiger partial charge in [0.1, 0.15) is 5.69 Å². The topological polar surface area (TPSA) is 113 Å². The Morgan fingerprint density at radius 1 is 1.21 bits per heavy atom. The Hall–Kier alpha value is -3.42. The number of nitro groups is 1. The number of hydrogen-bond acceptors (Lipinski definition) is 4. The first kappa shape index (κ1) is 15.5. The van der Waals surface area contributed by atoms with Crippen molar-refractivity contribution >= 4 is 34.7 Å². The zero-order chi connectivity index (χ0) is 17.3. The molecule has 1 aliphatic heterocycles. The standard InChI is InChI=1S/C16H14N4O4/c1-9-2-5-14(20(23)24)13(6-9)19-16(22)17-11-3-4-12-10(7-11)8-15(21)18-12/h2-7H,8H2,1H3,(H,18,21)(H2,17,19,22). The van der Waals surface area contributed by atoms with Crippen LogP contribution >= 0.6 is 0 Å². The maximum Gasteiger partial charge on any atom is 0.323 e. The van der Waals surface area contributed by atoms with Crippen molar-refractivity contribution in [3.8, 4) is 0 Å². The van der Waals surface area contributed by atoms with Gasteiger partial charge in [-0.1, -0.05) is 6.07 Å². The van der Waals surface area contributed by atoms with E-state index < -0.39 is 11.0 Å². The molecule has 3 N–H and O–H groups in total. The molecule has 1 aliphatic rings. The zero-order valence-electron chi connectivity index (χ0n) is 12.8. The average molecular weight is 326 g/mol. The van der Waals surface area contributed by atoms with Gasteiger partial charge in [-0.15, -0.1) is 0 Å². The first-order valence-electron chi connectivity index (χ1n) is 7.18. The zero-order valence-corrected chi connectivity index (χ0v) is 12.8. The van der Waals surface area contributed by atoms with Crippen LogP contribution in [0.1, 0.15) is 11.1 Å². The first-order valence-corrected chi connectivity index (χ1v) is 7.18. The molecule has 8 nitrogen and oxygen atoms in total. The molecule has 1 heterocycles. The molecular formula is C16H14N4O4. The lowest BCUT2D eigenvalue weighted by molar-refractivity contribution is -0.383. The van der Waals surface area contributed by atoms with Gasteiger partial charge in [-0.2, -0.15) is 0 Å². The van der Waals surface area contributed by atoms with Gasteiger partial charge in [0.05, 0.1) is 11.3 Å². The molecule has 3 rings (SSSR count). The summed E-state index contributed by atoms with van der Waals surface area (Å²) in [6.07, 6.45) is 0.260. The molecule has 0 unspecified atom stereocenters. The summed E-state index contributed by atoms with van der Waals surface area (Å²) < 4.78 is 0. The molecule has 0 saturated heterocycles. The summed E-state index contributed by atoms with van der Waals surface area (Å²) in [4.78, 5) is 33.9. The van der Waals surface area contributed by atoms with E-state index in [1.54, 1.807) is 31.2 Å². The molecule has 2 aromatic carbocycles. The van der Waals surface area contributed by atoms with Crippen LogP contribution in [0.2, 0.25) is 0 Å². The van der Waals surface area contributed by atoms with E-state index >= 15 is 0 Å². The van der Waals surface area contributed by atoms with E-state index in [1.165, 1.54) is 12.1 Å². The maximum absolute atomic E-state index is 12.1. The highest BCUT2D eigenvalue weighted by molar-refractivity contribution is 6.03. The van der Waals surface area contributed by atoms with Gasteiger partial charge in [0.15, 0.2) is 0 Å². The fourth-order valence-electron chi connectivity index (χ4n) is 2.50. The lowest BCUT2D eigenvalue weighted by atomic mass is 10.1. The van der Waals surface area contributed by atoms with Crippen molar-refractivity contribution in [2.75, 3.05) is 16.0 Å². The summed E-state index contributed by atoms with van der Waals surface area (Å²) in [5.74, 6) is -0.0954. The van der Waals surface area contributed by atoms with Crippen molar-refractivity contribution < 1.29 is 14.5 Å². The minimum atomic E-state index is -0.596. The number of hydrogen-bond donors (Lipinski definition) is 3. The highest BCUT2D eigenvalue weighted by Gasteiger charge is 2.19. The normalized spacial score (nSPS) is 12.3. The van der Waals surface area contributed by atoms with Gasteiger partial charge in [0.25, 0.3) is 5.69 Å². The third kappa shape index (κ3) is 3.17. The van der Waals surface area contributed by atoms with E-state index in [1.807, 2.05) is 0 Å². The summed E-state index contributed by atoms with van der Waals surface area (Å²) >= 11 is 0. The summed E-state index contributed by atoms with van der Waals surface area (Å²) in [6.45, 7) is 1.78. The first-order chi connectivity index (χ1) is 11.4. The van der Waals surface area contributed by atoms with Gasteiger partial charge in [-0.3, -0.25) is 14.9 Å². The second kappa shape index (κ2) is 5.99. The van der Waals surface area contributed by atoms with Gasteiger partial charge in [-0.05, 0) is 42.3 Å². The minimum Gasteiger partial charge on any atom is -0.326 e. The van der Waals surface area contributed by atoms with E-state index in [4.69, 9.17) is 0 Å². The Morgan fingerprint density at radius 2 is 2.00 bits per heavy atom. The van der Waals surface area contributed by atoms with Crippen LogP contribution in [-0.4, -0.2) is 16.9 Å². The Labute approximate surface area is 137 Å². The van der Waals surface area contributed by atoms with Gasteiger partial charge in [-0.25, -0.2) is 4.79 Å². The molecule has 0 aromatic heterocycles. The maximum atomic E-state index is 12.1. The summed E-state index contributed by atoms with van der Waals surface area (Å²) in [6, 6.07) is 8.92. The Morgan fingerprint density at radius 3 is 2.75 bits per heavy atom. The highest BCUT2D eigenvalue weighted by Crippen LogP contribution is 2.27. The van der Waals surface area contributed by atoms with Crippen LogP contribution in [0.25, 0.3) is 0 Å². The number of anilines is 3. The average Bonchev–Trinajstić information content (AvgIpc) is 2.86. The molecule has 3 amide bonds. The van der Waals surface area contributed by atoms with Crippen molar-refractivity contribution in [3.05, 3.63) is 57.6 Å². The summed E-state index contributed by atoms with van der Waals surface area (Å²) in [5.41, 5.74) is 2.74. The molecule has 122 valence electrons. The van der Waals surface area contributed by atoms with Crippen molar-refractivity contribution in [1.29, 1.82) is 0 Å². The molecule has 2 aromatic rings. The van der Waals surface area contributed by atoms with E-state index in [0.29, 0.717) is 5.69 Å². The smallest absolute Gasteiger partial charge is 0.323 e. The van der Waals surface area contributed by atoms with Crippen LogP contribution in [0.15, 0.2) is 36.4 Å². The number of urea groups is 1. The van der Waals surface area contributed by atoms with Crippen LogP contribution in [0.4, 0.5) is 27.5 Å². The van der Waals surface area contributed by atoms with Crippen LogP contribution in [0.5, 0.6) is 0 Å². The van der Waals surface area contributed by atoms with E-state index in [-0.39, 0.29) is 23.7 Å². The lowest BCUT2D eigenvalue weighted by Gasteiger charge is -2.09. The predicted octanol–water partition coefficient (Wildman–Crippen LogP) is 3.04. The van der Waals surface area contributed by atoms with Crippen molar-refractivity contribution in [2.24, 2.45) is 0 Å². The highest BCUT2D eigenvalue weighted by atomic mass is 16.6. The van der Waals surface area contributed by atoms with E-state index in [2.05, 4.69) is 16.0 Å². The van der Waals surface area contributed by atoms with Crippen LogP contribution in [0, 0.1) is 17.0 Å². The minimum absolute atomic E-state index is 0.0954. The molecule has 0 atom stereocenters. The number of amides is 3. The van der Waals surface area contributed by atoms with Gasteiger partial charge >= 0.3 is 6.03 Å². The van der Waals surface area contributed by atoms with E-state index in [9.17, 15) is 19.7 Å². The predicted molar refractivity (Wildman–Crippen MR) is 89.3 cm³/mol. The van der Waals surface area contributed by atoms with Gasteiger partial charge in [0, 0.05) is 17.4 Å². The largest absolute Gasteiger partial charge is 0.326 e. The summed E-state index contributed by atoms with van der Waals surface area (Å²) in [5, 5.41) is 18.8. The number of aryl methyl sites for hydroxylation is 1. The van der Waals surface area contributed by atoms with Crippen LogP contribution < -0.4 is 16.0 Å². The number of rotatable bonds is 3. The fourth-order valence-corrected chi connectivity index (χ4v) is 2.50. The Bertz CT molecular complexity index is 863. The Kier molecular flexibility index (Phi) is 3.87. The molecule has 0 fully saturated rings. The lowest BCUT2D eigenvalue weighted by Crippen LogP contribution is -2.20. The van der Waals surface area contributed by atoms with Gasteiger partial charge < -0.3 is 16.0 Å². The quantitative estimate of drug-likeness (QED) is 0.594. The second-order valence-electron chi connectivity index (χ2n) is 5.45. The molecule has 24 heavy (non-hydrogen) atoms. The SMILES string of the molecule is Cc1ccc([N+](=O)[O-])c(NC(=O)Nc2ccc3c(c2)CC(=O)N3)c1. The van der Waals surface area contributed by atoms with Crippen LogP contribution in [0.3, 0.4) is 0 Å². The molecule has 8 heteroatoms. The molecular weight excluding hydrogens is 312 g/mol. The third-order valence-electron chi connectivity index (χ3n) is 3.59. The number of nitrogens with zero attached hydrogens (tertiary/aromatic N) is 1. The third-order valence-corrected chi connectivity index (χ3v) is 3.59. The number of benzene rings is 2. The number of nitrogens with one attached hydrogen (secondary N) is 3. The monoisotopic (exact) mass is 326 g/mol. The fraction of sp³-hybridized carbons (Fsp3) is 0.125.